The Hall–Kier alpha value is -4.12. The number of carbonyl (C=O) groups is 2. The third kappa shape index (κ3) is 4.05. The monoisotopic (exact) mass is 452 g/mol. The summed E-state index contributed by atoms with van der Waals surface area (Å²) in [7, 11) is 0. The fraction of sp³-hybridized carbons (Fsp3) is 0.0952. The van der Waals surface area contributed by atoms with Gasteiger partial charge >= 0.3 is 0 Å². The van der Waals surface area contributed by atoms with Crippen LogP contribution in [-0.2, 0) is 4.79 Å². The average Bonchev–Trinajstić information content (AvgIpc) is 3.43. The van der Waals surface area contributed by atoms with Crippen molar-refractivity contribution in [1.29, 1.82) is 0 Å². The molecule has 0 bridgehead atoms. The number of aromatic nitrogens is 3. The van der Waals surface area contributed by atoms with Crippen LogP contribution in [0.3, 0.4) is 0 Å². The molecule has 4 aromatic rings. The summed E-state index contributed by atoms with van der Waals surface area (Å²) < 4.78 is 18.5. The summed E-state index contributed by atoms with van der Waals surface area (Å²) in [6, 6.07) is 13.6. The molecule has 11 heteroatoms. The van der Waals surface area contributed by atoms with E-state index in [9.17, 15) is 14.0 Å². The molecule has 2 aromatic carbocycles. The number of rotatable bonds is 7. The minimum absolute atomic E-state index is 0.0621. The van der Waals surface area contributed by atoms with Gasteiger partial charge in [0, 0.05) is 11.3 Å². The van der Waals surface area contributed by atoms with Gasteiger partial charge in [0.2, 0.25) is 11.7 Å². The Labute approximate surface area is 185 Å². The molecule has 0 radical (unpaired) electrons. The van der Waals surface area contributed by atoms with Gasteiger partial charge in [0.15, 0.2) is 5.13 Å². The van der Waals surface area contributed by atoms with Crippen molar-refractivity contribution in [3.8, 4) is 11.4 Å². The first-order chi connectivity index (χ1) is 15.3. The van der Waals surface area contributed by atoms with E-state index in [2.05, 4.69) is 15.1 Å². The molecule has 4 rings (SSSR count). The molecule has 1 amide bonds. The van der Waals surface area contributed by atoms with Gasteiger partial charge in [-0.1, -0.05) is 46.8 Å². The second-order valence-electron chi connectivity index (χ2n) is 6.75. The molecule has 2 aromatic heterocycles. The molecular formula is C21H17FN6O3S. The van der Waals surface area contributed by atoms with Crippen molar-refractivity contribution in [1.82, 2.24) is 15.1 Å². The van der Waals surface area contributed by atoms with E-state index in [4.69, 9.17) is 16.0 Å². The number of nitrogens with zero attached hydrogens (tertiary/aromatic N) is 4. The quantitative estimate of drug-likeness (QED) is 0.407. The van der Waals surface area contributed by atoms with Crippen molar-refractivity contribution < 1.29 is 18.5 Å². The van der Waals surface area contributed by atoms with Crippen LogP contribution in [0.2, 0.25) is 0 Å². The molecule has 0 aliphatic heterocycles. The molecule has 32 heavy (non-hydrogen) atoms. The third-order valence-electron chi connectivity index (χ3n) is 4.61. The summed E-state index contributed by atoms with van der Waals surface area (Å²) in [5, 5.41) is 4.07. The Morgan fingerprint density at radius 2 is 1.78 bits per heavy atom. The average molecular weight is 452 g/mol. The van der Waals surface area contributed by atoms with E-state index < -0.39 is 23.5 Å². The minimum Gasteiger partial charge on any atom is -0.382 e. The van der Waals surface area contributed by atoms with Gasteiger partial charge in [0.05, 0.1) is 0 Å². The molecule has 0 saturated carbocycles. The molecule has 0 unspecified atom stereocenters. The Balaban J connectivity index is 1.69. The van der Waals surface area contributed by atoms with Gasteiger partial charge < -0.3 is 20.9 Å². The van der Waals surface area contributed by atoms with E-state index >= 15 is 0 Å². The molecule has 4 N–H and O–H groups in total. The molecule has 162 valence electrons. The number of benzene rings is 2. The van der Waals surface area contributed by atoms with Gasteiger partial charge in [-0.3, -0.25) is 9.59 Å². The molecule has 0 saturated heterocycles. The predicted octanol–water partition coefficient (Wildman–Crippen LogP) is 3.16. The lowest BCUT2D eigenvalue weighted by Gasteiger charge is -2.26. The molecule has 0 aliphatic carbocycles. The van der Waals surface area contributed by atoms with Crippen LogP contribution in [0, 0.1) is 5.82 Å². The Morgan fingerprint density at radius 3 is 2.44 bits per heavy atom. The highest BCUT2D eigenvalue weighted by Gasteiger charge is 2.29. The number of hydrogen-bond acceptors (Lipinski definition) is 9. The smallest absolute Gasteiger partial charge is 0.300 e. The summed E-state index contributed by atoms with van der Waals surface area (Å²) in [6.45, 7) is 1.56. The number of ketones is 1. The van der Waals surface area contributed by atoms with E-state index in [0.29, 0.717) is 11.3 Å². The van der Waals surface area contributed by atoms with Gasteiger partial charge in [0.1, 0.15) is 22.6 Å². The van der Waals surface area contributed by atoms with Crippen molar-refractivity contribution >= 4 is 39.7 Å². The number of halogens is 1. The standard InChI is InChI=1S/C21H17FN6O3S/c1-11(18(24)30)28(14-9-7-13(22)8-10-14)21-25-17(23)16(32-21)15(29)20-26-19(27-31-20)12-5-3-2-4-6-12/h2-11H,23H2,1H3,(H2,24,30)/t11-/m1/s1. The van der Waals surface area contributed by atoms with E-state index in [1.807, 2.05) is 18.2 Å². The van der Waals surface area contributed by atoms with Crippen LogP contribution in [0.25, 0.3) is 11.4 Å². The zero-order valence-corrected chi connectivity index (χ0v) is 17.5. The lowest BCUT2D eigenvalue weighted by molar-refractivity contribution is -0.118. The highest BCUT2D eigenvalue weighted by atomic mass is 32.1. The van der Waals surface area contributed by atoms with Crippen LogP contribution in [0.1, 0.15) is 22.5 Å². The number of hydrogen-bond donors (Lipinski definition) is 2. The van der Waals surface area contributed by atoms with Crippen LogP contribution in [-0.4, -0.2) is 32.9 Å². The molecular weight excluding hydrogens is 435 g/mol. The highest BCUT2D eigenvalue weighted by molar-refractivity contribution is 7.18. The number of nitrogen functional groups attached to an aromatic ring is 1. The Morgan fingerprint density at radius 1 is 1.09 bits per heavy atom. The molecule has 2 heterocycles. The topological polar surface area (TPSA) is 141 Å². The second kappa shape index (κ2) is 8.55. The van der Waals surface area contributed by atoms with Crippen molar-refractivity contribution in [2.45, 2.75) is 13.0 Å². The number of primary amides is 1. The maximum atomic E-state index is 13.4. The van der Waals surface area contributed by atoms with Crippen LogP contribution in [0.15, 0.2) is 59.1 Å². The van der Waals surface area contributed by atoms with Crippen LogP contribution in [0.5, 0.6) is 0 Å². The van der Waals surface area contributed by atoms with Crippen molar-refractivity contribution in [2.75, 3.05) is 10.6 Å². The van der Waals surface area contributed by atoms with Gasteiger partial charge in [-0.05, 0) is 31.2 Å². The maximum Gasteiger partial charge on any atom is 0.300 e. The van der Waals surface area contributed by atoms with Gasteiger partial charge in [0.25, 0.3) is 11.7 Å². The normalized spacial score (nSPS) is 11.8. The Bertz CT molecular complexity index is 1270. The maximum absolute atomic E-state index is 13.4. The van der Waals surface area contributed by atoms with Gasteiger partial charge in [-0.15, -0.1) is 0 Å². The van der Waals surface area contributed by atoms with Crippen molar-refractivity contribution in [3.63, 3.8) is 0 Å². The zero-order chi connectivity index (χ0) is 22.8. The minimum atomic E-state index is -0.845. The lowest BCUT2D eigenvalue weighted by Crippen LogP contribution is -2.39. The SMILES string of the molecule is C[C@H](C(N)=O)N(c1ccc(F)cc1)c1nc(N)c(C(=O)c2nc(-c3ccccc3)no2)s1. The number of anilines is 3. The first-order valence-corrected chi connectivity index (χ1v) is 10.2. The van der Waals surface area contributed by atoms with E-state index in [1.165, 1.54) is 29.2 Å². The van der Waals surface area contributed by atoms with Gasteiger partial charge in [-0.2, -0.15) is 4.98 Å². The number of amides is 1. The summed E-state index contributed by atoms with van der Waals surface area (Å²) in [4.78, 5) is 34.8. The highest BCUT2D eigenvalue weighted by Crippen LogP contribution is 2.36. The first-order valence-electron chi connectivity index (χ1n) is 9.39. The van der Waals surface area contributed by atoms with Crippen molar-refractivity contribution in [2.24, 2.45) is 5.73 Å². The van der Waals surface area contributed by atoms with E-state index in [0.717, 1.165) is 11.3 Å². The fourth-order valence-electron chi connectivity index (χ4n) is 2.93. The number of nitrogens with two attached hydrogens (primary N) is 2. The van der Waals surface area contributed by atoms with E-state index in [-0.39, 0.29) is 27.5 Å². The molecule has 1 atom stereocenters. The van der Waals surface area contributed by atoms with E-state index in [1.54, 1.807) is 19.1 Å². The third-order valence-corrected chi connectivity index (χ3v) is 5.68. The predicted molar refractivity (Wildman–Crippen MR) is 117 cm³/mol. The molecule has 0 fully saturated rings. The van der Waals surface area contributed by atoms with Crippen molar-refractivity contribution in [3.05, 3.63) is 71.2 Å². The van der Waals surface area contributed by atoms with Crippen LogP contribution in [0.4, 0.5) is 21.0 Å². The molecule has 9 nitrogen and oxygen atoms in total. The largest absolute Gasteiger partial charge is 0.382 e. The summed E-state index contributed by atoms with van der Waals surface area (Å²) in [6.07, 6.45) is 0. The molecule has 0 aliphatic rings. The number of thiazole rings is 1. The summed E-state index contributed by atoms with van der Waals surface area (Å²) >= 11 is 0.931. The van der Waals surface area contributed by atoms with Crippen LogP contribution >= 0.6 is 11.3 Å². The summed E-state index contributed by atoms with van der Waals surface area (Å²) in [5.74, 6) is -1.75. The fourth-order valence-corrected chi connectivity index (χ4v) is 3.95. The first kappa shape index (κ1) is 21.1. The second-order valence-corrected chi connectivity index (χ2v) is 7.73. The zero-order valence-electron chi connectivity index (χ0n) is 16.7. The lowest BCUT2D eigenvalue weighted by atomic mass is 10.2. The Kier molecular flexibility index (Phi) is 5.65. The number of carbonyl (C=O) groups excluding carboxylic acids is 2. The molecule has 0 spiro atoms. The van der Waals surface area contributed by atoms with Gasteiger partial charge in [-0.25, -0.2) is 9.37 Å². The van der Waals surface area contributed by atoms with Crippen LogP contribution < -0.4 is 16.4 Å². The summed E-state index contributed by atoms with van der Waals surface area (Å²) in [5.41, 5.74) is 12.6.